The van der Waals surface area contributed by atoms with Gasteiger partial charge in [0.25, 0.3) is 0 Å². The first-order chi connectivity index (χ1) is 9.34. The van der Waals surface area contributed by atoms with Gasteiger partial charge >= 0.3 is 12.3 Å². The minimum atomic E-state index is -4.61. The van der Waals surface area contributed by atoms with E-state index in [-0.39, 0.29) is 23.1 Å². The highest BCUT2D eigenvalue weighted by molar-refractivity contribution is 6.31. The van der Waals surface area contributed by atoms with E-state index in [9.17, 15) is 22.7 Å². The number of aliphatic hydroxyl groups is 1. The maximum absolute atomic E-state index is 13.2. The number of hydrogen-bond donors (Lipinski definition) is 1. The molecule has 1 N–H and O–H groups in total. The van der Waals surface area contributed by atoms with Crippen LogP contribution >= 0.6 is 11.6 Å². The Morgan fingerprint density at radius 3 is 2.25 bits per heavy atom. The van der Waals surface area contributed by atoms with Crippen molar-refractivity contribution in [2.24, 2.45) is 0 Å². The maximum Gasteiger partial charge on any atom is 0.336 e. The molecular formula is C12H11ClF4O3. The summed E-state index contributed by atoms with van der Waals surface area (Å²) >= 11 is 5.75. The summed E-state index contributed by atoms with van der Waals surface area (Å²) in [6, 6.07) is 2.17. The minimum absolute atomic E-state index is 0.0889. The number of alkyl halides is 4. The van der Waals surface area contributed by atoms with Crippen molar-refractivity contribution >= 4 is 11.6 Å². The highest BCUT2D eigenvalue weighted by Crippen LogP contribution is 2.43. The van der Waals surface area contributed by atoms with Crippen LogP contribution < -0.4 is 9.47 Å². The van der Waals surface area contributed by atoms with Crippen LogP contribution in [0.4, 0.5) is 17.6 Å². The molecule has 0 fully saturated rings. The molecule has 0 saturated heterocycles. The van der Waals surface area contributed by atoms with Crippen LogP contribution in [0.15, 0.2) is 12.1 Å². The third kappa shape index (κ3) is 2.78. The van der Waals surface area contributed by atoms with Crippen LogP contribution in [0.25, 0.3) is 0 Å². The second kappa shape index (κ2) is 5.65. The van der Waals surface area contributed by atoms with E-state index in [0.29, 0.717) is 13.0 Å². The van der Waals surface area contributed by atoms with Crippen LogP contribution in [0.5, 0.6) is 11.5 Å². The van der Waals surface area contributed by atoms with Gasteiger partial charge in [0.2, 0.25) is 0 Å². The first kappa shape index (κ1) is 15.2. The first-order valence-electron chi connectivity index (χ1n) is 5.77. The van der Waals surface area contributed by atoms with Crippen molar-refractivity contribution in [1.29, 1.82) is 0 Å². The van der Waals surface area contributed by atoms with Crippen molar-refractivity contribution in [3.63, 3.8) is 0 Å². The summed E-state index contributed by atoms with van der Waals surface area (Å²) in [6.45, 7) is 0.647. The summed E-state index contributed by atoms with van der Waals surface area (Å²) < 4.78 is 61.4. The Labute approximate surface area is 117 Å². The van der Waals surface area contributed by atoms with E-state index in [0.717, 1.165) is 6.07 Å². The van der Waals surface area contributed by atoms with Crippen molar-refractivity contribution in [2.45, 2.75) is 24.9 Å². The summed E-state index contributed by atoms with van der Waals surface area (Å²) in [5.74, 6) is -4.29. The molecule has 1 aromatic rings. The van der Waals surface area contributed by atoms with E-state index in [1.165, 1.54) is 6.07 Å². The molecule has 0 aliphatic carbocycles. The average molecular weight is 315 g/mol. The molecule has 1 atom stereocenters. The number of hydrogen-bond acceptors (Lipinski definition) is 3. The lowest BCUT2D eigenvalue weighted by Gasteiger charge is -2.23. The zero-order chi connectivity index (χ0) is 14.9. The molecule has 1 aromatic carbocycles. The highest BCUT2D eigenvalue weighted by atomic mass is 35.5. The molecule has 0 saturated carbocycles. The van der Waals surface area contributed by atoms with Crippen LogP contribution in [0.2, 0.25) is 5.02 Å². The summed E-state index contributed by atoms with van der Waals surface area (Å²) in [5, 5.41) is 9.17. The molecule has 0 amide bonds. The Hall–Kier alpha value is -1.21. The largest absolute Gasteiger partial charge is 0.490 e. The van der Waals surface area contributed by atoms with Crippen molar-refractivity contribution in [3.8, 4) is 11.5 Å². The molecule has 1 aliphatic heterocycles. The van der Waals surface area contributed by atoms with Gasteiger partial charge in [-0.25, -0.2) is 8.78 Å². The predicted molar refractivity (Wildman–Crippen MR) is 63.0 cm³/mol. The number of ether oxygens (including phenoxy) is 2. The standard InChI is InChI=1S/C12H11ClF4O3/c13-7-5-9-8(19-2-1-3-20-9)4-6(7)10(18)12(16,17)11(14)15/h4-5,10-11,18H,1-3H2. The van der Waals surface area contributed by atoms with Crippen LogP contribution in [0.3, 0.4) is 0 Å². The molecule has 0 aromatic heterocycles. The van der Waals surface area contributed by atoms with Crippen LogP contribution in [0.1, 0.15) is 18.1 Å². The SMILES string of the molecule is OC(c1cc2c(cc1Cl)OCCCO2)C(F)(F)C(F)F. The fourth-order valence-corrected chi connectivity index (χ4v) is 1.99. The minimum Gasteiger partial charge on any atom is -0.490 e. The Morgan fingerprint density at radius 2 is 1.70 bits per heavy atom. The number of fused-ring (bicyclic) bond motifs is 1. The van der Waals surface area contributed by atoms with Gasteiger partial charge in [-0.1, -0.05) is 11.6 Å². The molecule has 0 bridgehead atoms. The second-order valence-corrected chi connectivity index (χ2v) is 4.66. The molecular weight excluding hydrogens is 304 g/mol. The van der Waals surface area contributed by atoms with E-state index in [2.05, 4.69) is 0 Å². The fourth-order valence-electron chi connectivity index (χ4n) is 1.74. The zero-order valence-electron chi connectivity index (χ0n) is 10.1. The van der Waals surface area contributed by atoms with Gasteiger partial charge in [-0.05, 0) is 6.07 Å². The number of aliphatic hydroxyl groups excluding tert-OH is 1. The smallest absolute Gasteiger partial charge is 0.336 e. The maximum atomic E-state index is 13.2. The van der Waals surface area contributed by atoms with Crippen molar-refractivity contribution in [1.82, 2.24) is 0 Å². The summed E-state index contributed by atoms with van der Waals surface area (Å²) in [7, 11) is 0. The predicted octanol–water partition coefficient (Wildman–Crippen LogP) is 3.44. The van der Waals surface area contributed by atoms with Crippen LogP contribution in [-0.2, 0) is 0 Å². The molecule has 0 radical (unpaired) electrons. The van der Waals surface area contributed by atoms with Gasteiger partial charge in [-0.2, -0.15) is 8.78 Å². The number of rotatable bonds is 3. The van der Waals surface area contributed by atoms with Crippen molar-refractivity contribution < 1.29 is 32.1 Å². The third-order valence-electron chi connectivity index (χ3n) is 2.82. The summed E-state index contributed by atoms with van der Waals surface area (Å²) in [6.07, 6.45) is -6.16. The van der Waals surface area contributed by atoms with Crippen molar-refractivity contribution in [2.75, 3.05) is 13.2 Å². The molecule has 3 nitrogen and oxygen atoms in total. The molecule has 0 spiro atoms. The summed E-state index contributed by atoms with van der Waals surface area (Å²) in [4.78, 5) is 0. The first-order valence-corrected chi connectivity index (χ1v) is 6.15. The van der Waals surface area contributed by atoms with Crippen molar-refractivity contribution in [3.05, 3.63) is 22.7 Å². The van der Waals surface area contributed by atoms with Gasteiger partial charge in [-0.3, -0.25) is 0 Å². The van der Waals surface area contributed by atoms with E-state index in [1.807, 2.05) is 0 Å². The van der Waals surface area contributed by atoms with E-state index in [4.69, 9.17) is 21.1 Å². The van der Waals surface area contributed by atoms with Gasteiger partial charge in [0.1, 0.15) is 6.10 Å². The summed E-state index contributed by atoms with van der Waals surface area (Å²) in [5.41, 5.74) is -0.527. The van der Waals surface area contributed by atoms with Crippen LogP contribution in [0, 0.1) is 0 Å². The van der Waals surface area contributed by atoms with Gasteiger partial charge in [0, 0.05) is 18.1 Å². The lowest BCUT2D eigenvalue weighted by molar-refractivity contribution is -0.193. The molecule has 1 heterocycles. The Bertz CT molecular complexity index is 496. The highest BCUT2D eigenvalue weighted by Gasteiger charge is 2.49. The second-order valence-electron chi connectivity index (χ2n) is 4.25. The average Bonchev–Trinajstić information content (AvgIpc) is 2.61. The van der Waals surface area contributed by atoms with E-state index < -0.39 is 24.0 Å². The third-order valence-corrected chi connectivity index (χ3v) is 3.14. The van der Waals surface area contributed by atoms with E-state index >= 15 is 0 Å². The monoisotopic (exact) mass is 314 g/mol. The Morgan fingerprint density at radius 1 is 1.15 bits per heavy atom. The Kier molecular flexibility index (Phi) is 4.29. The quantitative estimate of drug-likeness (QED) is 0.869. The molecule has 1 aliphatic rings. The molecule has 8 heteroatoms. The Balaban J connectivity index is 2.40. The van der Waals surface area contributed by atoms with Gasteiger partial charge in [0.05, 0.1) is 18.2 Å². The zero-order valence-corrected chi connectivity index (χ0v) is 10.8. The molecule has 20 heavy (non-hydrogen) atoms. The lowest BCUT2D eigenvalue weighted by Crippen LogP contribution is -2.34. The van der Waals surface area contributed by atoms with E-state index in [1.54, 1.807) is 0 Å². The lowest BCUT2D eigenvalue weighted by atomic mass is 10.0. The fraction of sp³-hybridized carbons (Fsp3) is 0.500. The topological polar surface area (TPSA) is 38.7 Å². The van der Waals surface area contributed by atoms with Crippen LogP contribution in [-0.4, -0.2) is 30.7 Å². The number of benzene rings is 1. The molecule has 112 valence electrons. The van der Waals surface area contributed by atoms with Gasteiger partial charge in [0.15, 0.2) is 11.5 Å². The van der Waals surface area contributed by atoms with Gasteiger partial charge < -0.3 is 14.6 Å². The van der Waals surface area contributed by atoms with Gasteiger partial charge in [-0.15, -0.1) is 0 Å². The molecule has 1 unspecified atom stereocenters. The normalized spacial score (nSPS) is 16.9. The number of halogens is 5. The molecule has 2 rings (SSSR count).